The van der Waals surface area contributed by atoms with E-state index in [9.17, 15) is 4.79 Å². The van der Waals surface area contributed by atoms with Crippen molar-refractivity contribution in [2.24, 2.45) is 0 Å². The number of rotatable bonds is 4. The molecule has 0 saturated carbocycles. The molecule has 2 N–H and O–H groups in total. The Labute approximate surface area is 149 Å². The van der Waals surface area contributed by atoms with Gasteiger partial charge in [-0.25, -0.2) is 0 Å². The van der Waals surface area contributed by atoms with Gasteiger partial charge in [-0.2, -0.15) is 5.10 Å². The Balaban J connectivity index is 1.28. The standard InChI is InChI=1S/C19H29N3O3/c23-18(6-5-17-15-3-1-2-4-16(15)21-22-17)20-14-7-10-25-19(13-14)8-11-24-12-9-19/h14H,1-13H2,(H,20,23)(H,21,22). The van der Waals surface area contributed by atoms with Crippen LogP contribution < -0.4 is 5.32 Å². The van der Waals surface area contributed by atoms with Crippen molar-refractivity contribution >= 4 is 5.91 Å². The van der Waals surface area contributed by atoms with Gasteiger partial charge in [0.15, 0.2) is 0 Å². The summed E-state index contributed by atoms with van der Waals surface area (Å²) in [6.07, 6.45) is 9.65. The normalized spacial score (nSPS) is 25.5. The van der Waals surface area contributed by atoms with Gasteiger partial charge in [-0.1, -0.05) is 0 Å². The second-order valence-electron chi connectivity index (χ2n) is 7.74. The third kappa shape index (κ3) is 3.90. The van der Waals surface area contributed by atoms with Crippen LogP contribution in [-0.4, -0.2) is 47.6 Å². The molecular weight excluding hydrogens is 318 g/mol. The number of nitrogens with one attached hydrogen (secondary N) is 2. The Morgan fingerprint density at radius 1 is 1.24 bits per heavy atom. The molecule has 4 rings (SSSR count). The first-order valence-corrected chi connectivity index (χ1v) is 9.80. The number of hydrogen-bond donors (Lipinski definition) is 2. The minimum atomic E-state index is -0.0737. The van der Waals surface area contributed by atoms with Crippen LogP contribution in [0.25, 0.3) is 0 Å². The highest BCUT2D eigenvalue weighted by atomic mass is 16.5. The Kier molecular flexibility index (Phi) is 5.08. The van der Waals surface area contributed by atoms with Crippen LogP contribution in [0.3, 0.4) is 0 Å². The van der Waals surface area contributed by atoms with Gasteiger partial charge in [0.1, 0.15) is 0 Å². The molecule has 0 radical (unpaired) electrons. The van der Waals surface area contributed by atoms with E-state index in [1.807, 2.05) is 0 Å². The average Bonchev–Trinajstić information content (AvgIpc) is 3.04. The second-order valence-corrected chi connectivity index (χ2v) is 7.74. The predicted molar refractivity (Wildman–Crippen MR) is 93.5 cm³/mol. The molecule has 2 fully saturated rings. The lowest BCUT2D eigenvalue weighted by atomic mass is 9.84. The molecule has 6 nitrogen and oxygen atoms in total. The minimum Gasteiger partial charge on any atom is -0.381 e. The molecule has 1 aliphatic carbocycles. The number of carbonyl (C=O) groups excluding carboxylic acids is 1. The second kappa shape index (κ2) is 7.46. The van der Waals surface area contributed by atoms with Crippen molar-refractivity contribution < 1.29 is 14.3 Å². The molecule has 2 saturated heterocycles. The monoisotopic (exact) mass is 347 g/mol. The maximum absolute atomic E-state index is 12.4. The number of nitrogens with zero attached hydrogens (tertiary/aromatic N) is 1. The van der Waals surface area contributed by atoms with Gasteiger partial charge >= 0.3 is 0 Å². The third-order valence-electron chi connectivity index (χ3n) is 5.99. The number of hydrogen-bond acceptors (Lipinski definition) is 4. The van der Waals surface area contributed by atoms with Crippen LogP contribution in [0, 0.1) is 0 Å². The fraction of sp³-hybridized carbons (Fsp3) is 0.789. The van der Waals surface area contributed by atoms with Gasteiger partial charge in [-0.05, 0) is 56.9 Å². The van der Waals surface area contributed by atoms with Crippen molar-refractivity contribution in [3.05, 3.63) is 17.0 Å². The summed E-state index contributed by atoms with van der Waals surface area (Å²) in [6.45, 7) is 2.27. The molecule has 0 bridgehead atoms. The van der Waals surface area contributed by atoms with Gasteiger partial charge in [0.05, 0.1) is 11.3 Å². The van der Waals surface area contributed by atoms with Crippen LogP contribution in [0.1, 0.15) is 61.9 Å². The lowest BCUT2D eigenvalue weighted by molar-refractivity contribution is -0.144. The molecule has 3 aliphatic rings. The van der Waals surface area contributed by atoms with E-state index in [0.29, 0.717) is 6.42 Å². The van der Waals surface area contributed by atoms with E-state index in [2.05, 4.69) is 15.5 Å². The molecule has 6 heteroatoms. The highest BCUT2D eigenvalue weighted by Crippen LogP contribution is 2.34. The van der Waals surface area contributed by atoms with Gasteiger partial charge in [0.25, 0.3) is 0 Å². The molecular formula is C19H29N3O3. The molecule has 1 atom stereocenters. The predicted octanol–water partition coefficient (Wildman–Crippen LogP) is 2.07. The summed E-state index contributed by atoms with van der Waals surface area (Å²) >= 11 is 0. The van der Waals surface area contributed by atoms with Crippen molar-refractivity contribution in [1.82, 2.24) is 15.5 Å². The summed E-state index contributed by atoms with van der Waals surface area (Å²) in [6, 6.07) is 0.229. The van der Waals surface area contributed by atoms with E-state index >= 15 is 0 Å². The summed E-state index contributed by atoms with van der Waals surface area (Å²) < 4.78 is 11.5. The number of aryl methyl sites for hydroxylation is 2. The van der Waals surface area contributed by atoms with Gasteiger partial charge in [0, 0.05) is 44.4 Å². The maximum Gasteiger partial charge on any atom is 0.220 e. The Bertz CT molecular complexity index is 602. The van der Waals surface area contributed by atoms with Crippen LogP contribution in [0.15, 0.2) is 0 Å². The van der Waals surface area contributed by atoms with Crippen LogP contribution >= 0.6 is 0 Å². The molecule has 2 aliphatic heterocycles. The Morgan fingerprint density at radius 3 is 2.96 bits per heavy atom. The number of aromatic nitrogens is 2. The average molecular weight is 347 g/mol. The summed E-state index contributed by atoms with van der Waals surface area (Å²) in [7, 11) is 0. The first-order valence-electron chi connectivity index (χ1n) is 9.80. The highest BCUT2D eigenvalue weighted by molar-refractivity contribution is 5.76. The molecule has 138 valence electrons. The largest absolute Gasteiger partial charge is 0.381 e. The van der Waals surface area contributed by atoms with Crippen molar-refractivity contribution in [3.8, 4) is 0 Å². The highest BCUT2D eigenvalue weighted by Gasteiger charge is 2.39. The Hall–Kier alpha value is -1.40. The Morgan fingerprint density at radius 2 is 2.08 bits per heavy atom. The van der Waals surface area contributed by atoms with Crippen molar-refractivity contribution in [2.75, 3.05) is 19.8 Å². The third-order valence-corrected chi connectivity index (χ3v) is 5.99. The van der Waals surface area contributed by atoms with Crippen LogP contribution in [0.2, 0.25) is 0 Å². The fourth-order valence-corrected chi connectivity index (χ4v) is 4.53. The summed E-state index contributed by atoms with van der Waals surface area (Å²) in [4.78, 5) is 12.4. The smallest absolute Gasteiger partial charge is 0.220 e. The number of amides is 1. The molecule has 1 spiro atoms. The van der Waals surface area contributed by atoms with Gasteiger partial charge < -0.3 is 14.8 Å². The summed E-state index contributed by atoms with van der Waals surface area (Å²) in [5.41, 5.74) is 3.67. The summed E-state index contributed by atoms with van der Waals surface area (Å²) in [5, 5.41) is 10.8. The fourth-order valence-electron chi connectivity index (χ4n) is 4.53. The van der Waals surface area contributed by atoms with Gasteiger partial charge in [-0.3, -0.25) is 9.89 Å². The van der Waals surface area contributed by atoms with E-state index in [-0.39, 0.29) is 17.6 Å². The number of carbonyl (C=O) groups is 1. The van der Waals surface area contributed by atoms with Crippen LogP contribution in [0.4, 0.5) is 0 Å². The summed E-state index contributed by atoms with van der Waals surface area (Å²) in [5.74, 6) is 0.140. The lowest BCUT2D eigenvalue weighted by Crippen LogP contribution is -2.51. The van der Waals surface area contributed by atoms with Crippen LogP contribution in [-0.2, 0) is 33.5 Å². The maximum atomic E-state index is 12.4. The van der Waals surface area contributed by atoms with E-state index in [1.54, 1.807) is 0 Å². The van der Waals surface area contributed by atoms with E-state index in [0.717, 1.165) is 70.5 Å². The number of ether oxygens (including phenoxy) is 2. The van der Waals surface area contributed by atoms with Gasteiger partial charge in [0.2, 0.25) is 5.91 Å². The SMILES string of the molecule is O=C(CCc1n[nH]c2c1CCCC2)NC1CCOC2(CCOCC2)C1. The van der Waals surface area contributed by atoms with Crippen LogP contribution in [0.5, 0.6) is 0 Å². The molecule has 3 heterocycles. The molecule has 1 aromatic heterocycles. The number of H-pyrrole nitrogens is 1. The molecule has 1 unspecified atom stereocenters. The van der Waals surface area contributed by atoms with E-state index < -0.39 is 0 Å². The number of aromatic amines is 1. The molecule has 1 amide bonds. The molecule has 0 aromatic carbocycles. The molecule has 1 aromatic rings. The van der Waals surface area contributed by atoms with Crippen molar-refractivity contribution in [3.63, 3.8) is 0 Å². The topological polar surface area (TPSA) is 76.2 Å². The lowest BCUT2D eigenvalue weighted by Gasteiger charge is -2.43. The van der Waals surface area contributed by atoms with E-state index in [1.165, 1.54) is 24.1 Å². The zero-order valence-electron chi connectivity index (χ0n) is 14.9. The zero-order chi connectivity index (χ0) is 17.1. The first-order chi connectivity index (χ1) is 12.2. The first kappa shape index (κ1) is 17.0. The minimum absolute atomic E-state index is 0.0737. The van der Waals surface area contributed by atoms with Crippen molar-refractivity contribution in [2.45, 2.75) is 75.9 Å². The zero-order valence-corrected chi connectivity index (χ0v) is 14.9. The number of fused-ring (bicyclic) bond motifs is 1. The van der Waals surface area contributed by atoms with E-state index in [4.69, 9.17) is 9.47 Å². The van der Waals surface area contributed by atoms with Crippen molar-refractivity contribution in [1.29, 1.82) is 0 Å². The van der Waals surface area contributed by atoms with Gasteiger partial charge in [-0.15, -0.1) is 0 Å². The quantitative estimate of drug-likeness (QED) is 0.874. The molecule has 25 heavy (non-hydrogen) atoms.